The highest BCUT2D eigenvalue weighted by Gasteiger charge is 2.13. The molecule has 1 heterocycles. The standard InChI is InChI=1S/C24H21N3O5/c28-22(15-27-19-11-5-7-13-21(19)32-24(27)30)25-26-23(29)16-31-20-12-6-4-10-18(20)14-17-8-2-1-3-9-17/h1-13H,14-16H2,(H,25,28)(H,26,29). The van der Waals surface area contributed by atoms with Gasteiger partial charge in [0.15, 0.2) is 12.2 Å². The van der Waals surface area contributed by atoms with Gasteiger partial charge in [-0.3, -0.25) is 25.0 Å². The number of hydrogen-bond acceptors (Lipinski definition) is 5. The molecule has 1 aromatic heterocycles. The largest absolute Gasteiger partial charge is 0.483 e. The lowest BCUT2D eigenvalue weighted by Gasteiger charge is -2.12. The van der Waals surface area contributed by atoms with Crippen LogP contribution < -0.4 is 21.3 Å². The van der Waals surface area contributed by atoms with Crippen molar-refractivity contribution in [3.8, 4) is 5.75 Å². The smallest absolute Gasteiger partial charge is 0.420 e. The van der Waals surface area contributed by atoms with E-state index < -0.39 is 17.6 Å². The number of carbonyl (C=O) groups is 2. The molecule has 8 heteroatoms. The number of benzene rings is 3. The highest BCUT2D eigenvalue weighted by Crippen LogP contribution is 2.21. The Labute approximate surface area is 183 Å². The molecule has 0 saturated heterocycles. The lowest BCUT2D eigenvalue weighted by molar-refractivity contribution is -0.130. The minimum atomic E-state index is -0.647. The van der Waals surface area contributed by atoms with Crippen molar-refractivity contribution in [3.05, 3.63) is 101 Å². The molecule has 0 saturated carbocycles. The monoisotopic (exact) mass is 431 g/mol. The number of rotatable bonds is 7. The predicted octanol–water partition coefficient (Wildman–Crippen LogP) is 2.41. The van der Waals surface area contributed by atoms with Crippen molar-refractivity contribution in [2.45, 2.75) is 13.0 Å². The molecule has 0 aliphatic rings. The van der Waals surface area contributed by atoms with Crippen LogP contribution in [-0.2, 0) is 22.6 Å². The van der Waals surface area contributed by atoms with Crippen molar-refractivity contribution in [2.24, 2.45) is 0 Å². The molecule has 2 N–H and O–H groups in total. The zero-order chi connectivity index (χ0) is 22.3. The Morgan fingerprint density at radius 3 is 2.38 bits per heavy atom. The summed E-state index contributed by atoms with van der Waals surface area (Å²) in [6.45, 7) is -0.572. The van der Waals surface area contributed by atoms with E-state index in [1.165, 1.54) is 4.57 Å². The number of hydrazine groups is 1. The maximum absolute atomic E-state index is 12.2. The molecule has 0 spiro atoms. The van der Waals surface area contributed by atoms with E-state index >= 15 is 0 Å². The Morgan fingerprint density at radius 1 is 0.844 bits per heavy atom. The number of carbonyl (C=O) groups excluding carboxylic acids is 2. The summed E-state index contributed by atoms with van der Waals surface area (Å²) < 4.78 is 11.9. The maximum Gasteiger partial charge on any atom is 0.420 e. The molecule has 0 fully saturated rings. The van der Waals surface area contributed by atoms with Gasteiger partial charge in [0.1, 0.15) is 12.3 Å². The lowest BCUT2D eigenvalue weighted by Crippen LogP contribution is -2.45. The Bertz CT molecular complexity index is 1290. The van der Waals surface area contributed by atoms with E-state index in [1.54, 1.807) is 30.3 Å². The van der Waals surface area contributed by atoms with Gasteiger partial charge in [0.25, 0.3) is 11.8 Å². The van der Waals surface area contributed by atoms with Crippen LogP contribution in [0, 0.1) is 0 Å². The first kappa shape index (κ1) is 20.9. The van der Waals surface area contributed by atoms with Gasteiger partial charge in [-0.25, -0.2) is 4.79 Å². The van der Waals surface area contributed by atoms with Crippen LogP contribution in [0.1, 0.15) is 11.1 Å². The van der Waals surface area contributed by atoms with Gasteiger partial charge in [0, 0.05) is 6.42 Å². The highest BCUT2D eigenvalue weighted by atomic mass is 16.5. The number of para-hydroxylation sites is 3. The number of aromatic nitrogens is 1. The van der Waals surface area contributed by atoms with E-state index in [9.17, 15) is 14.4 Å². The quantitative estimate of drug-likeness (QED) is 0.438. The Kier molecular flexibility index (Phi) is 6.31. The third kappa shape index (κ3) is 5.04. The second-order valence-corrected chi connectivity index (χ2v) is 7.08. The summed E-state index contributed by atoms with van der Waals surface area (Å²) >= 11 is 0. The first-order chi connectivity index (χ1) is 15.6. The van der Waals surface area contributed by atoms with Crippen molar-refractivity contribution < 1.29 is 18.7 Å². The molecule has 0 unspecified atom stereocenters. The molecule has 32 heavy (non-hydrogen) atoms. The summed E-state index contributed by atoms with van der Waals surface area (Å²) in [6.07, 6.45) is 0.669. The fourth-order valence-electron chi connectivity index (χ4n) is 3.27. The summed E-state index contributed by atoms with van der Waals surface area (Å²) in [6, 6.07) is 24.2. The first-order valence-corrected chi connectivity index (χ1v) is 10.0. The SMILES string of the molecule is O=C(COc1ccccc1Cc1ccccc1)NNC(=O)Cn1c(=O)oc2ccccc21. The van der Waals surface area contributed by atoms with Crippen LogP contribution in [0.2, 0.25) is 0 Å². The molecular formula is C24H21N3O5. The zero-order valence-corrected chi connectivity index (χ0v) is 17.1. The van der Waals surface area contributed by atoms with Crippen molar-refractivity contribution >= 4 is 22.9 Å². The summed E-state index contributed by atoms with van der Waals surface area (Å²) in [5.41, 5.74) is 7.53. The van der Waals surface area contributed by atoms with Crippen LogP contribution in [-0.4, -0.2) is 23.0 Å². The Hall–Kier alpha value is -4.33. The average molecular weight is 431 g/mol. The number of hydrogen-bond donors (Lipinski definition) is 2. The number of ether oxygens (including phenoxy) is 1. The molecule has 4 aromatic rings. The van der Waals surface area contributed by atoms with Gasteiger partial charge in [-0.2, -0.15) is 0 Å². The number of fused-ring (bicyclic) bond motifs is 1. The number of nitrogens with one attached hydrogen (secondary N) is 2. The maximum atomic E-state index is 12.2. The molecule has 0 atom stereocenters. The van der Waals surface area contributed by atoms with Crippen LogP contribution in [0.4, 0.5) is 0 Å². The molecule has 162 valence electrons. The van der Waals surface area contributed by atoms with E-state index in [2.05, 4.69) is 10.9 Å². The van der Waals surface area contributed by atoms with Gasteiger partial charge < -0.3 is 9.15 Å². The van der Waals surface area contributed by atoms with Gasteiger partial charge in [-0.1, -0.05) is 60.7 Å². The van der Waals surface area contributed by atoms with E-state index in [0.717, 1.165) is 11.1 Å². The van der Waals surface area contributed by atoms with Crippen molar-refractivity contribution in [1.29, 1.82) is 0 Å². The van der Waals surface area contributed by atoms with Crippen LogP contribution in [0.3, 0.4) is 0 Å². The third-order valence-corrected chi connectivity index (χ3v) is 4.79. The van der Waals surface area contributed by atoms with E-state index in [1.807, 2.05) is 48.5 Å². The van der Waals surface area contributed by atoms with Crippen molar-refractivity contribution in [3.63, 3.8) is 0 Å². The van der Waals surface area contributed by atoms with Gasteiger partial charge in [-0.15, -0.1) is 0 Å². The summed E-state index contributed by atoms with van der Waals surface area (Å²) in [5, 5.41) is 0. The predicted molar refractivity (Wildman–Crippen MR) is 118 cm³/mol. The van der Waals surface area contributed by atoms with E-state index in [4.69, 9.17) is 9.15 Å². The minimum absolute atomic E-state index is 0.277. The van der Waals surface area contributed by atoms with Crippen LogP contribution in [0.25, 0.3) is 11.1 Å². The molecule has 4 rings (SSSR count). The van der Waals surface area contributed by atoms with Crippen LogP contribution in [0.15, 0.2) is 88.1 Å². The number of amides is 2. The molecule has 0 bridgehead atoms. The first-order valence-electron chi connectivity index (χ1n) is 10.0. The summed E-state index contributed by atoms with van der Waals surface area (Å²) in [5.74, 6) is -1.16. The van der Waals surface area contributed by atoms with Crippen LogP contribution in [0.5, 0.6) is 5.75 Å². The average Bonchev–Trinajstić information content (AvgIpc) is 3.12. The van der Waals surface area contributed by atoms with Gasteiger partial charge in [0.2, 0.25) is 0 Å². The second-order valence-electron chi connectivity index (χ2n) is 7.08. The van der Waals surface area contributed by atoms with Crippen molar-refractivity contribution in [1.82, 2.24) is 15.4 Å². The molecule has 8 nitrogen and oxygen atoms in total. The topological polar surface area (TPSA) is 103 Å². The fourth-order valence-corrected chi connectivity index (χ4v) is 3.27. The number of nitrogens with zero attached hydrogens (tertiary/aromatic N) is 1. The molecule has 0 radical (unpaired) electrons. The van der Waals surface area contributed by atoms with E-state index in [-0.39, 0.29) is 13.2 Å². The highest BCUT2D eigenvalue weighted by molar-refractivity contribution is 5.83. The van der Waals surface area contributed by atoms with Gasteiger partial charge >= 0.3 is 5.76 Å². The van der Waals surface area contributed by atoms with E-state index in [0.29, 0.717) is 23.3 Å². The minimum Gasteiger partial charge on any atom is -0.483 e. The fraction of sp³-hybridized carbons (Fsp3) is 0.125. The van der Waals surface area contributed by atoms with Gasteiger partial charge in [-0.05, 0) is 29.3 Å². The van der Waals surface area contributed by atoms with Crippen LogP contribution >= 0.6 is 0 Å². The third-order valence-electron chi connectivity index (χ3n) is 4.79. The molecular weight excluding hydrogens is 410 g/mol. The Balaban J connectivity index is 1.30. The second kappa shape index (κ2) is 9.65. The molecule has 0 aliphatic heterocycles. The lowest BCUT2D eigenvalue weighted by atomic mass is 10.0. The zero-order valence-electron chi connectivity index (χ0n) is 17.1. The van der Waals surface area contributed by atoms with Crippen molar-refractivity contribution in [2.75, 3.05) is 6.61 Å². The summed E-state index contributed by atoms with van der Waals surface area (Å²) in [7, 11) is 0. The molecule has 0 aliphatic carbocycles. The summed E-state index contributed by atoms with van der Waals surface area (Å²) in [4.78, 5) is 36.3. The molecule has 3 aromatic carbocycles. The number of oxazole rings is 1. The molecule has 2 amide bonds. The van der Waals surface area contributed by atoms with Gasteiger partial charge in [0.05, 0.1) is 5.52 Å². The Morgan fingerprint density at radius 2 is 1.53 bits per heavy atom. The normalized spacial score (nSPS) is 10.6.